The van der Waals surface area contributed by atoms with Crippen molar-refractivity contribution in [2.75, 3.05) is 0 Å². The molecule has 1 nitrogen and oxygen atoms in total. The first-order valence-electron chi connectivity index (χ1n) is 4.80. The van der Waals surface area contributed by atoms with Gasteiger partial charge in [0, 0.05) is 34.5 Å². The summed E-state index contributed by atoms with van der Waals surface area (Å²) in [5.41, 5.74) is 2.38. The number of phenolic OH excluding ortho intramolecular Hbond substituents is 1. The van der Waals surface area contributed by atoms with Gasteiger partial charge in [-0.25, -0.2) is 0 Å². The number of hydrogen-bond donors (Lipinski definition) is 2. The molecule has 2 aromatic rings. The Balaban J connectivity index is 0.00000128. The van der Waals surface area contributed by atoms with E-state index in [0.717, 1.165) is 11.3 Å². The third-order valence-corrected chi connectivity index (χ3v) is 2.76. The van der Waals surface area contributed by atoms with E-state index in [4.69, 9.17) is 5.11 Å². The van der Waals surface area contributed by atoms with Gasteiger partial charge >= 0.3 is 0 Å². The van der Waals surface area contributed by atoms with E-state index in [2.05, 4.69) is 18.7 Å². The molecular weight excluding hydrogens is 227 g/mol. The number of aromatic hydroxyl groups is 1. The molecule has 0 spiro atoms. The van der Waals surface area contributed by atoms with E-state index >= 15 is 0 Å². The fourth-order valence-corrected chi connectivity index (χ4v) is 1.73. The molecule has 1 N–H and O–H groups in total. The Morgan fingerprint density at radius 1 is 0.938 bits per heavy atom. The molecule has 0 fully saturated rings. The van der Waals surface area contributed by atoms with Crippen LogP contribution in [-0.4, -0.2) is 34.7 Å². The molecule has 0 saturated heterocycles. The summed E-state index contributed by atoms with van der Waals surface area (Å²) >= 11 is 4.40. The Morgan fingerprint density at radius 2 is 1.56 bits per heavy atom. The van der Waals surface area contributed by atoms with Crippen molar-refractivity contribution < 1.29 is 5.11 Å². The zero-order chi connectivity index (χ0) is 10.7. The van der Waals surface area contributed by atoms with E-state index in [1.807, 2.05) is 30.3 Å². The summed E-state index contributed by atoms with van der Waals surface area (Å²) in [6.45, 7) is 0. The third-order valence-electron chi connectivity index (χ3n) is 2.32. The molecule has 0 bridgehead atoms. The van der Waals surface area contributed by atoms with Crippen LogP contribution >= 0.6 is 12.6 Å². The molecule has 0 unspecified atom stereocenters. The van der Waals surface area contributed by atoms with Gasteiger partial charge in [0.25, 0.3) is 0 Å². The topological polar surface area (TPSA) is 20.2 Å². The molecule has 2 aromatic carbocycles. The Hall–Kier alpha value is -0.410. The molecular formula is C13H12NaOS. The van der Waals surface area contributed by atoms with Crippen molar-refractivity contribution in [1.29, 1.82) is 0 Å². The Kier molecular flexibility index (Phi) is 5.42. The smallest absolute Gasteiger partial charge is 0.115 e. The van der Waals surface area contributed by atoms with E-state index in [0.29, 0.717) is 5.75 Å². The Labute approximate surface area is 123 Å². The maximum atomic E-state index is 9.16. The Morgan fingerprint density at radius 3 is 2.19 bits per heavy atom. The first-order valence-corrected chi connectivity index (χ1v) is 5.25. The standard InChI is InChI=1S/C13H12OS.Na/c14-12-7-5-10(6-8-12)9-11-3-1-2-4-13(11)15;/h1-8,14-15H,9H2;. The molecule has 77 valence electrons. The van der Waals surface area contributed by atoms with Gasteiger partial charge in [0.2, 0.25) is 0 Å². The van der Waals surface area contributed by atoms with Crippen LogP contribution in [-0.2, 0) is 6.42 Å². The van der Waals surface area contributed by atoms with Gasteiger partial charge < -0.3 is 5.11 Å². The van der Waals surface area contributed by atoms with Crippen molar-refractivity contribution >= 4 is 42.2 Å². The predicted molar refractivity (Wildman–Crippen MR) is 70.4 cm³/mol. The minimum Gasteiger partial charge on any atom is -0.508 e. The average Bonchev–Trinajstić information content (AvgIpc) is 2.25. The number of rotatable bonds is 2. The van der Waals surface area contributed by atoms with Gasteiger partial charge in [-0.3, -0.25) is 0 Å². The monoisotopic (exact) mass is 239 g/mol. The fraction of sp³-hybridized carbons (Fsp3) is 0.0769. The molecule has 0 aromatic heterocycles. The van der Waals surface area contributed by atoms with Crippen LogP contribution in [0.25, 0.3) is 0 Å². The zero-order valence-corrected chi connectivity index (χ0v) is 12.1. The molecule has 0 aliphatic rings. The van der Waals surface area contributed by atoms with Gasteiger partial charge in [-0.1, -0.05) is 30.3 Å². The van der Waals surface area contributed by atoms with Crippen molar-refractivity contribution in [2.24, 2.45) is 0 Å². The van der Waals surface area contributed by atoms with Crippen LogP contribution in [0.4, 0.5) is 0 Å². The summed E-state index contributed by atoms with van der Waals surface area (Å²) in [6, 6.07) is 15.3. The van der Waals surface area contributed by atoms with Crippen LogP contribution in [0.3, 0.4) is 0 Å². The second-order valence-corrected chi connectivity index (χ2v) is 3.95. The number of phenols is 1. The average molecular weight is 239 g/mol. The van der Waals surface area contributed by atoms with Crippen molar-refractivity contribution in [2.45, 2.75) is 11.3 Å². The summed E-state index contributed by atoms with van der Waals surface area (Å²) < 4.78 is 0. The predicted octanol–water partition coefficient (Wildman–Crippen LogP) is 2.89. The van der Waals surface area contributed by atoms with Crippen molar-refractivity contribution in [1.82, 2.24) is 0 Å². The van der Waals surface area contributed by atoms with Crippen LogP contribution in [0.5, 0.6) is 5.75 Å². The minimum absolute atomic E-state index is 0. The SMILES string of the molecule is Oc1ccc(Cc2ccccc2S)cc1.[Na]. The molecule has 2 rings (SSSR count). The molecule has 16 heavy (non-hydrogen) atoms. The van der Waals surface area contributed by atoms with Gasteiger partial charge in [0.15, 0.2) is 0 Å². The van der Waals surface area contributed by atoms with Gasteiger partial charge in [-0.2, -0.15) is 0 Å². The van der Waals surface area contributed by atoms with Crippen molar-refractivity contribution in [3.63, 3.8) is 0 Å². The number of thiol groups is 1. The normalized spacial score (nSPS) is 9.56. The molecule has 0 atom stereocenters. The van der Waals surface area contributed by atoms with E-state index in [1.165, 1.54) is 11.1 Å². The van der Waals surface area contributed by atoms with E-state index in [-0.39, 0.29) is 29.6 Å². The van der Waals surface area contributed by atoms with Gasteiger partial charge in [0.05, 0.1) is 0 Å². The van der Waals surface area contributed by atoms with Crippen LogP contribution in [0, 0.1) is 0 Å². The maximum Gasteiger partial charge on any atom is 0.115 e. The first kappa shape index (κ1) is 13.7. The van der Waals surface area contributed by atoms with Crippen LogP contribution in [0.15, 0.2) is 53.4 Å². The summed E-state index contributed by atoms with van der Waals surface area (Å²) in [6.07, 6.45) is 0.847. The molecule has 0 heterocycles. The van der Waals surface area contributed by atoms with E-state index in [9.17, 15) is 0 Å². The molecule has 0 aliphatic carbocycles. The molecule has 1 radical (unpaired) electrons. The van der Waals surface area contributed by atoms with Gasteiger partial charge in [-0.15, -0.1) is 12.6 Å². The van der Waals surface area contributed by atoms with Crippen LogP contribution in [0.1, 0.15) is 11.1 Å². The number of hydrogen-bond acceptors (Lipinski definition) is 2. The quantitative estimate of drug-likeness (QED) is 0.610. The fourth-order valence-electron chi connectivity index (χ4n) is 1.49. The molecule has 3 heteroatoms. The van der Waals surface area contributed by atoms with Gasteiger partial charge in [0.1, 0.15) is 5.75 Å². The first-order chi connectivity index (χ1) is 7.25. The molecule has 0 aliphatic heterocycles. The zero-order valence-electron chi connectivity index (χ0n) is 9.22. The maximum absolute atomic E-state index is 9.16. The van der Waals surface area contributed by atoms with Gasteiger partial charge in [-0.05, 0) is 35.7 Å². The minimum atomic E-state index is 0. The Bertz CT molecular complexity index is 454. The molecule has 0 saturated carbocycles. The second kappa shape index (κ2) is 6.36. The van der Waals surface area contributed by atoms with E-state index in [1.54, 1.807) is 12.1 Å². The van der Waals surface area contributed by atoms with Crippen LogP contribution < -0.4 is 0 Å². The van der Waals surface area contributed by atoms with Crippen LogP contribution in [0.2, 0.25) is 0 Å². The summed E-state index contributed by atoms with van der Waals surface area (Å²) in [4.78, 5) is 1.01. The largest absolute Gasteiger partial charge is 0.508 e. The summed E-state index contributed by atoms with van der Waals surface area (Å²) in [7, 11) is 0. The summed E-state index contributed by atoms with van der Waals surface area (Å²) in [5.74, 6) is 0.304. The molecule has 0 amide bonds. The third kappa shape index (κ3) is 3.56. The second-order valence-electron chi connectivity index (χ2n) is 3.47. The number of benzene rings is 2. The summed E-state index contributed by atoms with van der Waals surface area (Å²) in [5, 5.41) is 9.16. The van der Waals surface area contributed by atoms with Crippen molar-refractivity contribution in [3.8, 4) is 5.75 Å². The van der Waals surface area contributed by atoms with E-state index < -0.39 is 0 Å². The van der Waals surface area contributed by atoms with Crippen molar-refractivity contribution in [3.05, 3.63) is 59.7 Å².